The van der Waals surface area contributed by atoms with E-state index in [1.807, 2.05) is 0 Å². The lowest BCUT2D eigenvalue weighted by Crippen LogP contribution is -2.44. The van der Waals surface area contributed by atoms with E-state index in [2.05, 4.69) is 47.3 Å². The molecule has 0 bridgehead atoms. The highest BCUT2D eigenvalue weighted by Crippen LogP contribution is 2.32. The first kappa shape index (κ1) is 14.8. The summed E-state index contributed by atoms with van der Waals surface area (Å²) in [5.74, 6) is 1.13. The predicted octanol–water partition coefficient (Wildman–Crippen LogP) is 2.43. The molecule has 0 radical (unpaired) electrons. The lowest BCUT2D eigenvalue weighted by molar-refractivity contribution is 0.112. The molecule has 3 rings (SSSR count). The highest BCUT2D eigenvalue weighted by atomic mass is 15.2. The Morgan fingerprint density at radius 1 is 1.14 bits per heavy atom. The molecule has 2 aliphatic heterocycles. The van der Waals surface area contributed by atoms with Gasteiger partial charge in [-0.2, -0.15) is 0 Å². The van der Waals surface area contributed by atoms with Crippen LogP contribution in [0, 0.1) is 0 Å². The molecule has 2 saturated heterocycles. The van der Waals surface area contributed by atoms with Gasteiger partial charge in [0, 0.05) is 44.5 Å². The first-order chi connectivity index (χ1) is 10.3. The number of aromatic nitrogens is 1. The molecule has 0 unspecified atom stereocenters. The van der Waals surface area contributed by atoms with Gasteiger partial charge in [0.05, 0.1) is 0 Å². The molecule has 0 saturated carbocycles. The van der Waals surface area contributed by atoms with Crippen molar-refractivity contribution in [2.24, 2.45) is 0 Å². The van der Waals surface area contributed by atoms with Crippen LogP contribution in [0.4, 0.5) is 5.82 Å². The molecule has 1 atom stereocenters. The summed E-state index contributed by atoms with van der Waals surface area (Å²) in [5, 5.41) is 3.39. The van der Waals surface area contributed by atoms with Crippen molar-refractivity contribution in [2.75, 3.05) is 37.6 Å². The molecular formula is C17H28N4. The molecule has 21 heavy (non-hydrogen) atoms. The van der Waals surface area contributed by atoms with E-state index in [-0.39, 0.29) is 0 Å². The molecule has 1 aromatic rings. The van der Waals surface area contributed by atoms with E-state index in [0.29, 0.717) is 12.1 Å². The Labute approximate surface area is 128 Å². The van der Waals surface area contributed by atoms with Crippen LogP contribution in [0.1, 0.15) is 44.7 Å². The summed E-state index contributed by atoms with van der Waals surface area (Å²) in [6.45, 7) is 10.1. The van der Waals surface area contributed by atoms with Crippen LogP contribution in [0.2, 0.25) is 0 Å². The van der Waals surface area contributed by atoms with Crippen LogP contribution in [0.25, 0.3) is 0 Å². The molecule has 1 N–H and O–H groups in total. The zero-order valence-electron chi connectivity index (χ0n) is 13.4. The fourth-order valence-corrected chi connectivity index (χ4v) is 3.61. The molecule has 2 fully saturated rings. The van der Waals surface area contributed by atoms with E-state index in [9.17, 15) is 0 Å². The van der Waals surface area contributed by atoms with Crippen molar-refractivity contribution in [2.45, 2.75) is 45.2 Å². The first-order valence-corrected chi connectivity index (χ1v) is 8.43. The van der Waals surface area contributed by atoms with Gasteiger partial charge in [0.1, 0.15) is 5.82 Å². The fraction of sp³-hybridized carbons (Fsp3) is 0.706. The van der Waals surface area contributed by atoms with E-state index >= 15 is 0 Å². The van der Waals surface area contributed by atoms with Crippen LogP contribution in [0.5, 0.6) is 0 Å². The van der Waals surface area contributed by atoms with Crippen LogP contribution < -0.4 is 10.2 Å². The third-order valence-corrected chi connectivity index (χ3v) is 4.80. The molecule has 4 heteroatoms. The maximum atomic E-state index is 4.74. The van der Waals surface area contributed by atoms with Gasteiger partial charge >= 0.3 is 0 Å². The van der Waals surface area contributed by atoms with Gasteiger partial charge in [0.25, 0.3) is 0 Å². The van der Waals surface area contributed by atoms with E-state index in [4.69, 9.17) is 4.98 Å². The zero-order chi connectivity index (χ0) is 14.7. The topological polar surface area (TPSA) is 31.4 Å². The van der Waals surface area contributed by atoms with Gasteiger partial charge in [0.15, 0.2) is 0 Å². The van der Waals surface area contributed by atoms with Crippen molar-refractivity contribution < 1.29 is 0 Å². The SMILES string of the molecule is CC(C)N1CCCC[C@H]1c1ccc(N2CCNCC2)nc1. The Kier molecular flexibility index (Phi) is 4.76. The Hall–Kier alpha value is -1.13. The largest absolute Gasteiger partial charge is 0.354 e. The number of likely N-dealkylation sites (tertiary alicyclic amines) is 1. The molecule has 0 amide bonds. The van der Waals surface area contributed by atoms with E-state index < -0.39 is 0 Å². The van der Waals surface area contributed by atoms with Gasteiger partial charge in [-0.05, 0) is 44.9 Å². The normalized spacial score (nSPS) is 24.5. The summed E-state index contributed by atoms with van der Waals surface area (Å²) < 4.78 is 0. The van der Waals surface area contributed by atoms with Crippen molar-refractivity contribution in [3.05, 3.63) is 23.9 Å². The van der Waals surface area contributed by atoms with Crippen molar-refractivity contribution >= 4 is 5.82 Å². The van der Waals surface area contributed by atoms with Crippen molar-refractivity contribution in [1.29, 1.82) is 0 Å². The number of hydrogen-bond donors (Lipinski definition) is 1. The van der Waals surface area contributed by atoms with Gasteiger partial charge in [0.2, 0.25) is 0 Å². The molecule has 3 heterocycles. The maximum absolute atomic E-state index is 4.74. The van der Waals surface area contributed by atoms with Crippen molar-refractivity contribution in [3.8, 4) is 0 Å². The molecule has 116 valence electrons. The third-order valence-electron chi connectivity index (χ3n) is 4.80. The second-order valence-corrected chi connectivity index (χ2v) is 6.53. The fourth-order valence-electron chi connectivity index (χ4n) is 3.61. The number of piperazine rings is 1. The third kappa shape index (κ3) is 3.38. The van der Waals surface area contributed by atoms with Gasteiger partial charge in [-0.25, -0.2) is 4.98 Å². The minimum atomic E-state index is 0.559. The minimum Gasteiger partial charge on any atom is -0.354 e. The van der Waals surface area contributed by atoms with Crippen LogP contribution in [-0.2, 0) is 0 Å². The number of pyridine rings is 1. The van der Waals surface area contributed by atoms with Crippen LogP contribution in [-0.4, -0.2) is 48.6 Å². The monoisotopic (exact) mass is 288 g/mol. The lowest BCUT2D eigenvalue weighted by Gasteiger charge is -2.39. The highest BCUT2D eigenvalue weighted by molar-refractivity contribution is 5.40. The molecule has 1 aromatic heterocycles. The average molecular weight is 288 g/mol. The predicted molar refractivity (Wildman–Crippen MR) is 87.8 cm³/mol. The number of piperidine rings is 1. The average Bonchev–Trinajstić information content (AvgIpc) is 2.56. The summed E-state index contributed by atoms with van der Waals surface area (Å²) in [7, 11) is 0. The summed E-state index contributed by atoms with van der Waals surface area (Å²) in [6, 6.07) is 5.69. The molecule has 2 aliphatic rings. The van der Waals surface area contributed by atoms with Gasteiger partial charge in [-0.1, -0.05) is 12.5 Å². The Bertz CT molecular complexity index is 437. The van der Waals surface area contributed by atoms with Crippen LogP contribution in [0.3, 0.4) is 0 Å². The van der Waals surface area contributed by atoms with Crippen LogP contribution >= 0.6 is 0 Å². The number of hydrogen-bond acceptors (Lipinski definition) is 4. The quantitative estimate of drug-likeness (QED) is 0.925. The zero-order valence-corrected chi connectivity index (χ0v) is 13.4. The summed E-state index contributed by atoms with van der Waals surface area (Å²) in [4.78, 5) is 9.75. The number of nitrogens with one attached hydrogen (secondary N) is 1. The first-order valence-electron chi connectivity index (χ1n) is 8.43. The number of anilines is 1. The minimum absolute atomic E-state index is 0.559. The molecular weight excluding hydrogens is 260 g/mol. The second-order valence-electron chi connectivity index (χ2n) is 6.53. The Morgan fingerprint density at radius 3 is 2.62 bits per heavy atom. The van der Waals surface area contributed by atoms with E-state index in [1.165, 1.54) is 31.4 Å². The standard InChI is InChI=1S/C17H28N4/c1-14(2)21-10-4-3-5-16(21)15-6-7-17(19-13-15)20-11-8-18-9-12-20/h6-7,13-14,16,18H,3-5,8-12H2,1-2H3/t16-/m0/s1. The van der Waals surface area contributed by atoms with Crippen molar-refractivity contribution in [1.82, 2.24) is 15.2 Å². The smallest absolute Gasteiger partial charge is 0.128 e. The Morgan fingerprint density at radius 2 is 1.95 bits per heavy atom. The van der Waals surface area contributed by atoms with E-state index in [0.717, 1.165) is 32.0 Å². The number of rotatable bonds is 3. The number of nitrogens with zero attached hydrogens (tertiary/aromatic N) is 3. The van der Waals surface area contributed by atoms with Crippen LogP contribution in [0.15, 0.2) is 18.3 Å². The second kappa shape index (κ2) is 6.75. The molecule has 0 spiro atoms. The summed E-state index contributed by atoms with van der Waals surface area (Å²) in [6.07, 6.45) is 6.06. The van der Waals surface area contributed by atoms with Crippen molar-refractivity contribution in [3.63, 3.8) is 0 Å². The Balaban J connectivity index is 1.73. The van der Waals surface area contributed by atoms with Gasteiger partial charge in [-0.15, -0.1) is 0 Å². The highest BCUT2D eigenvalue weighted by Gasteiger charge is 2.26. The molecule has 0 aromatic carbocycles. The molecule has 0 aliphatic carbocycles. The maximum Gasteiger partial charge on any atom is 0.128 e. The van der Waals surface area contributed by atoms with Gasteiger partial charge in [-0.3, -0.25) is 4.90 Å². The van der Waals surface area contributed by atoms with Gasteiger partial charge < -0.3 is 10.2 Å². The lowest BCUT2D eigenvalue weighted by atomic mass is 9.95. The van der Waals surface area contributed by atoms with E-state index in [1.54, 1.807) is 0 Å². The summed E-state index contributed by atoms with van der Waals surface area (Å²) >= 11 is 0. The molecule has 4 nitrogen and oxygen atoms in total. The summed E-state index contributed by atoms with van der Waals surface area (Å²) in [5.41, 5.74) is 1.39.